The van der Waals surface area contributed by atoms with Crippen LogP contribution in [0.2, 0.25) is 0 Å². The molecule has 0 N–H and O–H groups in total. The van der Waals surface area contributed by atoms with Crippen LogP contribution in [0.25, 0.3) is 0 Å². The maximum atomic E-state index is 10.6. The van der Waals surface area contributed by atoms with Crippen molar-refractivity contribution >= 4 is 11.4 Å². The molecule has 0 fully saturated rings. The van der Waals surface area contributed by atoms with Crippen molar-refractivity contribution in [2.45, 2.75) is 71.1 Å². The molecule has 0 spiro atoms. The second-order valence-corrected chi connectivity index (χ2v) is 6.38. The summed E-state index contributed by atoms with van der Waals surface area (Å²) in [6.45, 7) is 3.27. The predicted octanol–water partition coefficient (Wildman–Crippen LogP) is 5.95. The number of hydrogen-bond acceptors (Lipinski definition) is 3. The number of unbranched alkanes of at least 4 members (excludes halogenated alkanes) is 9. The lowest BCUT2D eigenvalue weighted by atomic mass is 10.1. The Kier molecular flexibility index (Phi) is 10.1. The van der Waals surface area contributed by atoms with E-state index in [0.717, 1.165) is 12.2 Å². The summed E-state index contributed by atoms with van der Waals surface area (Å²) >= 11 is 0. The normalized spacial score (nSPS) is 10.7. The van der Waals surface area contributed by atoms with Gasteiger partial charge in [-0.05, 0) is 18.6 Å². The number of nitro benzene ring substituents is 1. The molecule has 0 aromatic heterocycles. The molecule has 23 heavy (non-hydrogen) atoms. The number of hydrogen-bond donors (Lipinski definition) is 0. The van der Waals surface area contributed by atoms with Gasteiger partial charge < -0.3 is 4.90 Å². The SMILES string of the molecule is CCCCCCCCCCCCN(C)c1ccc([N+](=O)[O-])cc1. The summed E-state index contributed by atoms with van der Waals surface area (Å²) in [6.07, 6.45) is 13.4. The zero-order valence-electron chi connectivity index (χ0n) is 14.8. The van der Waals surface area contributed by atoms with Gasteiger partial charge in [0.15, 0.2) is 0 Å². The van der Waals surface area contributed by atoms with Crippen LogP contribution in [0.4, 0.5) is 11.4 Å². The van der Waals surface area contributed by atoms with Gasteiger partial charge in [-0.15, -0.1) is 0 Å². The third kappa shape index (κ3) is 8.58. The van der Waals surface area contributed by atoms with E-state index in [1.165, 1.54) is 64.2 Å². The minimum atomic E-state index is -0.355. The molecular weight excluding hydrogens is 288 g/mol. The van der Waals surface area contributed by atoms with E-state index in [9.17, 15) is 10.1 Å². The van der Waals surface area contributed by atoms with Crippen LogP contribution < -0.4 is 4.90 Å². The predicted molar refractivity (Wildman–Crippen MR) is 98.2 cm³/mol. The summed E-state index contributed by atoms with van der Waals surface area (Å²) in [6, 6.07) is 6.80. The van der Waals surface area contributed by atoms with Gasteiger partial charge in [-0.2, -0.15) is 0 Å². The second-order valence-electron chi connectivity index (χ2n) is 6.38. The Balaban J connectivity index is 2.05. The number of nitrogens with zero attached hydrogens (tertiary/aromatic N) is 2. The molecule has 0 heterocycles. The van der Waals surface area contributed by atoms with Gasteiger partial charge in [0.05, 0.1) is 4.92 Å². The average molecular weight is 320 g/mol. The van der Waals surface area contributed by atoms with Gasteiger partial charge >= 0.3 is 0 Å². The van der Waals surface area contributed by atoms with Crippen LogP contribution in [0.5, 0.6) is 0 Å². The Morgan fingerprint density at radius 1 is 0.870 bits per heavy atom. The van der Waals surface area contributed by atoms with Crippen LogP contribution in [0.3, 0.4) is 0 Å². The molecule has 130 valence electrons. The summed E-state index contributed by atoms with van der Waals surface area (Å²) in [4.78, 5) is 12.5. The molecule has 1 aromatic rings. The van der Waals surface area contributed by atoms with Crippen molar-refractivity contribution in [3.8, 4) is 0 Å². The molecule has 0 atom stereocenters. The maximum Gasteiger partial charge on any atom is 0.269 e. The van der Waals surface area contributed by atoms with Crippen LogP contribution in [0.1, 0.15) is 71.1 Å². The fraction of sp³-hybridized carbons (Fsp3) is 0.684. The first-order valence-electron chi connectivity index (χ1n) is 9.10. The molecule has 0 saturated heterocycles. The van der Waals surface area contributed by atoms with Crippen LogP contribution in [-0.2, 0) is 0 Å². The molecule has 0 unspecified atom stereocenters. The smallest absolute Gasteiger partial charge is 0.269 e. The van der Waals surface area contributed by atoms with Gasteiger partial charge in [0.1, 0.15) is 0 Å². The molecule has 4 heteroatoms. The van der Waals surface area contributed by atoms with Crippen molar-refractivity contribution in [2.75, 3.05) is 18.5 Å². The Labute approximate surface area is 141 Å². The van der Waals surface area contributed by atoms with E-state index in [0.29, 0.717) is 0 Å². The van der Waals surface area contributed by atoms with Crippen molar-refractivity contribution in [3.63, 3.8) is 0 Å². The monoisotopic (exact) mass is 320 g/mol. The van der Waals surface area contributed by atoms with E-state index >= 15 is 0 Å². The standard InChI is InChI=1S/C19H32N2O2/c1-3-4-5-6-7-8-9-10-11-12-17-20(2)18-13-15-19(16-14-18)21(22)23/h13-16H,3-12,17H2,1-2H3. The van der Waals surface area contributed by atoms with E-state index in [-0.39, 0.29) is 10.6 Å². The van der Waals surface area contributed by atoms with E-state index in [4.69, 9.17) is 0 Å². The van der Waals surface area contributed by atoms with Gasteiger partial charge in [0.2, 0.25) is 0 Å². The summed E-state index contributed by atoms with van der Waals surface area (Å²) in [7, 11) is 2.05. The van der Waals surface area contributed by atoms with Crippen LogP contribution in [0.15, 0.2) is 24.3 Å². The molecule has 4 nitrogen and oxygen atoms in total. The van der Waals surface area contributed by atoms with E-state index in [2.05, 4.69) is 18.9 Å². The highest BCUT2D eigenvalue weighted by Crippen LogP contribution is 2.19. The molecule has 1 rings (SSSR count). The van der Waals surface area contributed by atoms with Crippen LogP contribution in [-0.4, -0.2) is 18.5 Å². The fourth-order valence-corrected chi connectivity index (χ4v) is 2.79. The number of rotatable bonds is 13. The number of non-ortho nitro benzene ring substituents is 1. The van der Waals surface area contributed by atoms with Crippen molar-refractivity contribution in [1.82, 2.24) is 0 Å². The van der Waals surface area contributed by atoms with Crippen LogP contribution in [0, 0.1) is 10.1 Å². The molecule has 0 aliphatic rings. The average Bonchev–Trinajstić information content (AvgIpc) is 2.56. The molecule has 1 aromatic carbocycles. The van der Waals surface area contributed by atoms with Crippen molar-refractivity contribution in [1.29, 1.82) is 0 Å². The Bertz CT molecular complexity index is 432. The van der Waals surface area contributed by atoms with Crippen LogP contribution >= 0.6 is 0 Å². The first-order chi connectivity index (χ1) is 11.1. The van der Waals surface area contributed by atoms with Crippen molar-refractivity contribution in [2.24, 2.45) is 0 Å². The Morgan fingerprint density at radius 3 is 1.83 bits per heavy atom. The maximum absolute atomic E-state index is 10.6. The molecule has 0 amide bonds. The number of anilines is 1. The molecule has 0 aliphatic carbocycles. The third-order valence-electron chi connectivity index (χ3n) is 4.35. The van der Waals surface area contributed by atoms with Gasteiger partial charge in [-0.1, -0.05) is 64.7 Å². The lowest BCUT2D eigenvalue weighted by Gasteiger charge is -2.19. The minimum absolute atomic E-state index is 0.154. The van der Waals surface area contributed by atoms with Crippen molar-refractivity contribution < 1.29 is 4.92 Å². The lowest BCUT2D eigenvalue weighted by molar-refractivity contribution is -0.384. The summed E-state index contributed by atoms with van der Waals surface area (Å²) < 4.78 is 0. The highest BCUT2D eigenvalue weighted by Gasteiger charge is 2.06. The Hall–Kier alpha value is -1.58. The summed E-state index contributed by atoms with van der Waals surface area (Å²) in [5.41, 5.74) is 1.20. The molecular formula is C19H32N2O2. The van der Waals surface area contributed by atoms with Gasteiger partial charge in [0, 0.05) is 31.4 Å². The van der Waals surface area contributed by atoms with E-state index in [1.54, 1.807) is 12.1 Å². The quantitative estimate of drug-likeness (QED) is 0.256. The largest absolute Gasteiger partial charge is 0.375 e. The van der Waals surface area contributed by atoms with Gasteiger partial charge in [-0.25, -0.2) is 0 Å². The first kappa shape index (κ1) is 19.5. The highest BCUT2D eigenvalue weighted by molar-refractivity contribution is 5.50. The van der Waals surface area contributed by atoms with Crippen molar-refractivity contribution in [3.05, 3.63) is 34.4 Å². The number of nitro groups is 1. The van der Waals surface area contributed by atoms with Gasteiger partial charge in [0.25, 0.3) is 5.69 Å². The van der Waals surface area contributed by atoms with Gasteiger partial charge in [-0.3, -0.25) is 10.1 Å². The summed E-state index contributed by atoms with van der Waals surface area (Å²) in [5.74, 6) is 0. The fourth-order valence-electron chi connectivity index (χ4n) is 2.79. The molecule has 0 aliphatic heterocycles. The summed E-state index contributed by atoms with van der Waals surface area (Å²) in [5, 5.41) is 10.6. The first-order valence-corrected chi connectivity index (χ1v) is 9.10. The third-order valence-corrected chi connectivity index (χ3v) is 4.35. The zero-order valence-corrected chi connectivity index (χ0v) is 14.8. The van der Waals surface area contributed by atoms with E-state index < -0.39 is 0 Å². The zero-order chi connectivity index (χ0) is 16.9. The lowest BCUT2D eigenvalue weighted by Crippen LogP contribution is -2.18. The van der Waals surface area contributed by atoms with E-state index in [1.807, 2.05) is 12.1 Å². The minimum Gasteiger partial charge on any atom is -0.375 e. The number of benzene rings is 1. The second kappa shape index (κ2) is 11.9. The highest BCUT2D eigenvalue weighted by atomic mass is 16.6. The molecule has 0 bridgehead atoms. The topological polar surface area (TPSA) is 46.4 Å². The molecule has 0 radical (unpaired) electrons. The Morgan fingerprint density at radius 2 is 1.35 bits per heavy atom. The molecule has 0 saturated carbocycles.